The molecular formula is C14H12F2N2OS. The Labute approximate surface area is 119 Å². The molecule has 0 spiro atoms. The van der Waals surface area contributed by atoms with E-state index in [2.05, 4.69) is 4.98 Å². The number of hydrogen-bond acceptors (Lipinski definition) is 2. The van der Waals surface area contributed by atoms with E-state index in [1.54, 1.807) is 18.3 Å². The summed E-state index contributed by atoms with van der Waals surface area (Å²) >= 11 is 5.03. The van der Waals surface area contributed by atoms with Crippen molar-refractivity contribution < 1.29 is 13.6 Å². The molecule has 0 radical (unpaired) electrons. The molecule has 0 aliphatic heterocycles. The zero-order valence-corrected chi connectivity index (χ0v) is 11.5. The summed E-state index contributed by atoms with van der Waals surface area (Å²) in [6.07, 6.45) is 1.62. The topological polar surface area (TPSA) is 36.1 Å². The first-order chi connectivity index (χ1) is 9.49. The van der Waals surface area contributed by atoms with Gasteiger partial charge >= 0.3 is 0 Å². The second-order valence-corrected chi connectivity index (χ2v) is 4.72. The third-order valence-electron chi connectivity index (χ3n) is 2.82. The Kier molecular flexibility index (Phi) is 4.24. The lowest BCUT2D eigenvalue weighted by Gasteiger charge is -2.17. The number of amides is 1. The molecule has 0 unspecified atom stereocenters. The number of nitrogens with zero attached hydrogens (tertiary/aromatic N) is 1. The van der Waals surface area contributed by atoms with Gasteiger partial charge in [0.15, 0.2) is 0 Å². The van der Waals surface area contributed by atoms with Crippen LogP contribution in [0.1, 0.15) is 15.9 Å². The first-order valence-electron chi connectivity index (χ1n) is 5.86. The Bertz CT molecular complexity index is 700. The Morgan fingerprint density at radius 2 is 2.10 bits per heavy atom. The number of nitrogens with one attached hydrogen (secondary N) is 1. The van der Waals surface area contributed by atoms with Crippen molar-refractivity contribution in [2.75, 3.05) is 7.05 Å². The zero-order valence-electron chi connectivity index (χ0n) is 10.7. The minimum Gasteiger partial charge on any atom is -0.352 e. The number of carbonyl (C=O) groups excluding carboxylic acids is 1. The predicted molar refractivity (Wildman–Crippen MR) is 73.8 cm³/mol. The molecule has 3 nitrogen and oxygen atoms in total. The normalized spacial score (nSPS) is 10.3. The minimum absolute atomic E-state index is 0.0363. The van der Waals surface area contributed by atoms with Gasteiger partial charge in [0, 0.05) is 31.4 Å². The molecular weight excluding hydrogens is 282 g/mol. The summed E-state index contributed by atoms with van der Waals surface area (Å²) in [5, 5.41) is 0. The SMILES string of the molecule is CN(Cc1ccc(F)cc1F)C(=O)c1ccc[nH]c1=S. The molecule has 0 saturated carbocycles. The van der Waals surface area contributed by atoms with Crippen LogP contribution in [0.15, 0.2) is 36.5 Å². The van der Waals surface area contributed by atoms with Gasteiger partial charge in [-0.1, -0.05) is 18.3 Å². The molecule has 0 bridgehead atoms. The first-order valence-corrected chi connectivity index (χ1v) is 6.27. The first kappa shape index (κ1) is 14.3. The maximum atomic E-state index is 13.6. The van der Waals surface area contributed by atoms with E-state index >= 15 is 0 Å². The van der Waals surface area contributed by atoms with E-state index in [-0.39, 0.29) is 18.0 Å². The summed E-state index contributed by atoms with van der Waals surface area (Å²) in [7, 11) is 1.53. The van der Waals surface area contributed by atoms with Crippen LogP contribution in [0.3, 0.4) is 0 Å². The molecule has 1 aromatic heterocycles. The average molecular weight is 294 g/mol. The van der Waals surface area contributed by atoms with Crippen LogP contribution in [-0.2, 0) is 6.54 Å². The summed E-state index contributed by atoms with van der Waals surface area (Å²) in [6.45, 7) is 0.0363. The highest BCUT2D eigenvalue weighted by atomic mass is 32.1. The third kappa shape index (κ3) is 3.08. The van der Waals surface area contributed by atoms with Crippen molar-refractivity contribution in [3.05, 3.63) is 63.9 Å². The maximum absolute atomic E-state index is 13.6. The quantitative estimate of drug-likeness (QED) is 0.882. The van der Waals surface area contributed by atoms with Crippen LogP contribution in [-0.4, -0.2) is 22.8 Å². The fraction of sp³-hybridized carbons (Fsp3) is 0.143. The lowest BCUT2D eigenvalue weighted by molar-refractivity contribution is 0.0783. The molecule has 0 saturated heterocycles. The monoisotopic (exact) mass is 294 g/mol. The van der Waals surface area contributed by atoms with Gasteiger partial charge < -0.3 is 9.88 Å². The van der Waals surface area contributed by atoms with Crippen molar-refractivity contribution in [1.29, 1.82) is 0 Å². The molecule has 2 rings (SSSR count). The van der Waals surface area contributed by atoms with E-state index in [1.807, 2.05) is 0 Å². The van der Waals surface area contributed by atoms with Crippen LogP contribution in [0.5, 0.6) is 0 Å². The second kappa shape index (κ2) is 5.92. The van der Waals surface area contributed by atoms with Crippen LogP contribution in [0.25, 0.3) is 0 Å². The van der Waals surface area contributed by atoms with Crippen LogP contribution in [0.2, 0.25) is 0 Å². The highest BCUT2D eigenvalue weighted by Gasteiger charge is 2.15. The van der Waals surface area contributed by atoms with E-state index < -0.39 is 11.6 Å². The molecule has 1 aromatic carbocycles. The summed E-state index contributed by atoms with van der Waals surface area (Å²) in [4.78, 5) is 16.3. The number of rotatable bonds is 3. The van der Waals surface area contributed by atoms with Gasteiger partial charge in [-0.15, -0.1) is 0 Å². The van der Waals surface area contributed by atoms with Crippen molar-refractivity contribution in [3.8, 4) is 0 Å². The Balaban J connectivity index is 2.20. The Hall–Kier alpha value is -2.08. The van der Waals surface area contributed by atoms with Crippen LogP contribution < -0.4 is 0 Å². The van der Waals surface area contributed by atoms with Gasteiger partial charge in [-0.2, -0.15) is 0 Å². The molecule has 0 atom stereocenters. The van der Waals surface area contributed by atoms with Crippen molar-refractivity contribution in [2.45, 2.75) is 6.54 Å². The summed E-state index contributed by atoms with van der Waals surface area (Å²) in [5.74, 6) is -1.65. The highest BCUT2D eigenvalue weighted by Crippen LogP contribution is 2.13. The molecule has 6 heteroatoms. The number of hydrogen-bond donors (Lipinski definition) is 1. The number of halogens is 2. The van der Waals surface area contributed by atoms with Gasteiger partial charge in [0.25, 0.3) is 5.91 Å². The molecule has 1 heterocycles. The second-order valence-electron chi connectivity index (χ2n) is 4.31. The number of carbonyl (C=O) groups is 1. The maximum Gasteiger partial charge on any atom is 0.256 e. The smallest absolute Gasteiger partial charge is 0.256 e. The molecule has 20 heavy (non-hydrogen) atoms. The van der Waals surface area contributed by atoms with Crippen molar-refractivity contribution in [3.63, 3.8) is 0 Å². The molecule has 2 aromatic rings. The molecule has 0 aliphatic carbocycles. The largest absolute Gasteiger partial charge is 0.352 e. The molecule has 0 aliphatic rings. The van der Waals surface area contributed by atoms with Crippen molar-refractivity contribution in [2.24, 2.45) is 0 Å². The predicted octanol–water partition coefficient (Wildman–Crippen LogP) is 3.29. The lowest BCUT2D eigenvalue weighted by atomic mass is 10.2. The van der Waals surface area contributed by atoms with E-state index in [0.29, 0.717) is 10.2 Å². The number of aromatic nitrogens is 1. The van der Waals surface area contributed by atoms with E-state index in [1.165, 1.54) is 18.0 Å². The highest BCUT2D eigenvalue weighted by molar-refractivity contribution is 7.71. The molecule has 1 amide bonds. The number of aromatic amines is 1. The number of pyridine rings is 1. The van der Waals surface area contributed by atoms with Crippen LogP contribution in [0, 0.1) is 16.3 Å². The number of benzene rings is 1. The Morgan fingerprint density at radius 3 is 2.75 bits per heavy atom. The van der Waals surface area contributed by atoms with Crippen molar-refractivity contribution in [1.82, 2.24) is 9.88 Å². The average Bonchev–Trinajstić information content (AvgIpc) is 2.41. The standard InChI is InChI=1S/C14H12F2N2OS/c1-18(8-9-4-5-10(15)7-12(9)16)14(19)11-3-2-6-17-13(11)20/h2-7H,8H2,1H3,(H,17,20). The Morgan fingerprint density at radius 1 is 1.35 bits per heavy atom. The molecule has 104 valence electrons. The minimum atomic E-state index is -0.678. The van der Waals surface area contributed by atoms with Crippen LogP contribution in [0.4, 0.5) is 8.78 Å². The van der Waals surface area contributed by atoms with Gasteiger partial charge in [0.2, 0.25) is 0 Å². The van der Waals surface area contributed by atoms with Crippen molar-refractivity contribution >= 4 is 18.1 Å². The summed E-state index contributed by atoms with van der Waals surface area (Å²) in [5.41, 5.74) is 0.584. The summed E-state index contributed by atoms with van der Waals surface area (Å²) in [6, 6.07) is 6.53. The van der Waals surface area contributed by atoms with Gasteiger partial charge in [0.1, 0.15) is 16.3 Å². The fourth-order valence-electron chi connectivity index (χ4n) is 1.77. The van der Waals surface area contributed by atoms with Crippen LogP contribution >= 0.6 is 12.2 Å². The van der Waals surface area contributed by atoms with E-state index in [9.17, 15) is 13.6 Å². The zero-order chi connectivity index (χ0) is 14.7. The van der Waals surface area contributed by atoms with Gasteiger partial charge in [-0.25, -0.2) is 8.78 Å². The fourth-order valence-corrected chi connectivity index (χ4v) is 2.00. The lowest BCUT2D eigenvalue weighted by Crippen LogP contribution is -2.27. The molecule has 1 N–H and O–H groups in total. The van der Waals surface area contributed by atoms with E-state index in [4.69, 9.17) is 12.2 Å². The van der Waals surface area contributed by atoms with E-state index in [0.717, 1.165) is 12.1 Å². The molecule has 0 fully saturated rings. The van der Waals surface area contributed by atoms with Gasteiger partial charge in [0.05, 0.1) is 5.56 Å². The summed E-state index contributed by atoms with van der Waals surface area (Å²) < 4.78 is 26.7. The van der Waals surface area contributed by atoms with Gasteiger partial charge in [-0.05, 0) is 18.2 Å². The third-order valence-corrected chi connectivity index (χ3v) is 3.16. The van der Waals surface area contributed by atoms with Gasteiger partial charge in [-0.3, -0.25) is 4.79 Å². The number of H-pyrrole nitrogens is 1.